The van der Waals surface area contributed by atoms with E-state index in [-0.39, 0.29) is 11.6 Å². The van der Waals surface area contributed by atoms with Crippen LogP contribution >= 0.6 is 11.6 Å². The Labute approximate surface area is 139 Å². The lowest BCUT2D eigenvalue weighted by Crippen LogP contribution is -2.25. The number of hydrogen-bond acceptors (Lipinski definition) is 4. The van der Waals surface area contributed by atoms with Gasteiger partial charge < -0.3 is 24.5 Å². The zero-order valence-corrected chi connectivity index (χ0v) is 14.4. The molecule has 0 atom stereocenters. The van der Waals surface area contributed by atoms with Crippen LogP contribution < -0.4 is 9.47 Å². The highest BCUT2D eigenvalue weighted by Crippen LogP contribution is 2.46. The van der Waals surface area contributed by atoms with Crippen LogP contribution in [0, 0.1) is 13.8 Å². The van der Waals surface area contributed by atoms with E-state index in [1.165, 1.54) is 12.0 Å². The molecule has 0 aliphatic heterocycles. The Hall–Kier alpha value is -2.34. The maximum absolute atomic E-state index is 11.9. The number of rotatable bonds is 3. The zero-order chi connectivity index (χ0) is 17.3. The number of nitrogens with one attached hydrogen (secondary N) is 1. The third-order valence-corrected chi connectivity index (χ3v) is 3.62. The van der Waals surface area contributed by atoms with Crippen LogP contribution in [0.25, 0.3) is 11.1 Å². The van der Waals surface area contributed by atoms with E-state index in [0.717, 1.165) is 5.56 Å². The summed E-state index contributed by atoms with van der Waals surface area (Å²) >= 11 is 6.06. The van der Waals surface area contributed by atoms with Crippen molar-refractivity contribution in [2.24, 2.45) is 0 Å². The highest BCUT2D eigenvalue weighted by Gasteiger charge is 2.25. The molecule has 1 amide bonds. The summed E-state index contributed by atoms with van der Waals surface area (Å²) in [6, 6.07) is 3.39. The molecule has 1 aromatic carbocycles. The van der Waals surface area contributed by atoms with Crippen molar-refractivity contribution in [1.82, 2.24) is 9.88 Å². The number of ether oxygens (including phenoxy) is 2. The Morgan fingerprint density at radius 3 is 2.48 bits per heavy atom. The first kappa shape index (κ1) is 17.0. The molecule has 0 bridgehead atoms. The number of aromatic hydroxyl groups is 1. The van der Waals surface area contributed by atoms with Gasteiger partial charge in [0.15, 0.2) is 5.75 Å². The minimum atomic E-state index is -0.543. The maximum atomic E-state index is 11.9. The fraction of sp³-hybridized carbons (Fsp3) is 0.312. The van der Waals surface area contributed by atoms with Gasteiger partial charge in [0, 0.05) is 24.7 Å². The van der Waals surface area contributed by atoms with Crippen LogP contribution in [0.3, 0.4) is 0 Å². The SMILES string of the molecule is COc1cc(Cl)cc(C)c1-c1c(O)[nH]c(C)c1OC(=O)N(C)C. The molecule has 1 aromatic heterocycles. The summed E-state index contributed by atoms with van der Waals surface area (Å²) in [5.41, 5.74) is 2.29. The average molecular weight is 339 g/mol. The number of carbonyl (C=O) groups is 1. The van der Waals surface area contributed by atoms with E-state index in [4.69, 9.17) is 21.1 Å². The smallest absolute Gasteiger partial charge is 0.414 e. The molecule has 0 spiro atoms. The van der Waals surface area contributed by atoms with Gasteiger partial charge in [0.25, 0.3) is 0 Å². The number of halogens is 1. The quantitative estimate of drug-likeness (QED) is 0.894. The Morgan fingerprint density at radius 1 is 1.26 bits per heavy atom. The molecule has 0 radical (unpaired) electrons. The second-order valence-corrected chi connectivity index (χ2v) is 5.80. The number of nitrogens with zero attached hydrogens (tertiary/aromatic N) is 1. The summed E-state index contributed by atoms with van der Waals surface area (Å²) in [6.45, 7) is 3.54. The third kappa shape index (κ3) is 3.22. The molecule has 0 aliphatic rings. The van der Waals surface area contributed by atoms with Gasteiger partial charge in [-0.15, -0.1) is 0 Å². The number of methoxy groups -OCH3 is 1. The number of benzene rings is 1. The van der Waals surface area contributed by atoms with Crippen molar-refractivity contribution in [1.29, 1.82) is 0 Å². The van der Waals surface area contributed by atoms with Gasteiger partial charge in [-0.25, -0.2) is 4.79 Å². The Balaban J connectivity index is 2.67. The number of hydrogen-bond donors (Lipinski definition) is 2. The fourth-order valence-electron chi connectivity index (χ4n) is 2.32. The predicted octanol–water partition coefficient (Wildman–Crippen LogP) is 3.73. The van der Waals surface area contributed by atoms with Gasteiger partial charge in [-0.2, -0.15) is 0 Å². The molecule has 7 heteroatoms. The third-order valence-electron chi connectivity index (χ3n) is 3.40. The minimum Gasteiger partial charge on any atom is -0.496 e. The van der Waals surface area contributed by atoms with Crippen LogP contribution in [0.15, 0.2) is 12.1 Å². The fourth-order valence-corrected chi connectivity index (χ4v) is 2.59. The van der Waals surface area contributed by atoms with Crippen LogP contribution in [0.4, 0.5) is 4.79 Å². The molecule has 0 fully saturated rings. The van der Waals surface area contributed by atoms with Gasteiger partial charge in [0.2, 0.25) is 5.88 Å². The maximum Gasteiger partial charge on any atom is 0.414 e. The second-order valence-electron chi connectivity index (χ2n) is 5.37. The largest absolute Gasteiger partial charge is 0.496 e. The van der Waals surface area contributed by atoms with Crippen LogP contribution in [-0.2, 0) is 0 Å². The predicted molar refractivity (Wildman–Crippen MR) is 88.6 cm³/mol. The van der Waals surface area contributed by atoms with E-state index in [9.17, 15) is 9.90 Å². The van der Waals surface area contributed by atoms with Crippen molar-refractivity contribution in [3.8, 4) is 28.5 Å². The number of amides is 1. The molecule has 2 rings (SSSR count). The highest BCUT2D eigenvalue weighted by atomic mass is 35.5. The number of aromatic amines is 1. The number of H-pyrrole nitrogens is 1. The van der Waals surface area contributed by atoms with E-state index in [2.05, 4.69) is 4.98 Å². The Bertz CT molecular complexity index is 753. The minimum absolute atomic E-state index is 0.104. The van der Waals surface area contributed by atoms with Crippen LogP contribution in [-0.4, -0.2) is 42.3 Å². The second kappa shape index (κ2) is 6.42. The van der Waals surface area contributed by atoms with Gasteiger partial charge in [-0.05, 0) is 31.5 Å². The first-order valence-electron chi connectivity index (χ1n) is 6.91. The van der Waals surface area contributed by atoms with Crippen molar-refractivity contribution < 1.29 is 19.4 Å². The lowest BCUT2D eigenvalue weighted by molar-refractivity contribution is 0.172. The van der Waals surface area contributed by atoms with Crippen molar-refractivity contribution in [3.63, 3.8) is 0 Å². The summed E-state index contributed by atoms with van der Waals surface area (Å²) < 4.78 is 10.8. The van der Waals surface area contributed by atoms with Crippen LogP contribution in [0.2, 0.25) is 5.02 Å². The molecule has 0 aliphatic carbocycles. The van der Waals surface area contributed by atoms with Crippen LogP contribution in [0.1, 0.15) is 11.3 Å². The zero-order valence-electron chi connectivity index (χ0n) is 13.7. The average Bonchev–Trinajstić information content (AvgIpc) is 2.72. The first-order chi connectivity index (χ1) is 10.8. The van der Waals surface area contributed by atoms with E-state index in [0.29, 0.717) is 27.6 Å². The van der Waals surface area contributed by atoms with Crippen LogP contribution in [0.5, 0.6) is 17.4 Å². The molecule has 2 aromatic rings. The molecule has 1 heterocycles. The Kier molecular flexibility index (Phi) is 4.75. The molecular weight excluding hydrogens is 320 g/mol. The van der Waals surface area contributed by atoms with Gasteiger partial charge in [0.05, 0.1) is 18.4 Å². The molecule has 0 saturated heterocycles. The van der Waals surface area contributed by atoms with Gasteiger partial charge in [-0.1, -0.05) is 11.6 Å². The number of carbonyl (C=O) groups excluding carboxylic acids is 1. The van der Waals surface area contributed by atoms with E-state index >= 15 is 0 Å². The van der Waals surface area contributed by atoms with Crippen molar-refractivity contribution >= 4 is 17.7 Å². The first-order valence-corrected chi connectivity index (χ1v) is 7.29. The lowest BCUT2D eigenvalue weighted by atomic mass is 10.0. The summed E-state index contributed by atoms with van der Waals surface area (Å²) in [5.74, 6) is 0.629. The summed E-state index contributed by atoms with van der Waals surface area (Å²) in [6.07, 6.45) is -0.543. The summed E-state index contributed by atoms with van der Waals surface area (Å²) in [7, 11) is 4.67. The molecule has 0 saturated carbocycles. The normalized spacial score (nSPS) is 10.5. The van der Waals surface area contributed by atoms with Crippen molar-refractivity contribution in [3.05, 3.63) is 28.4 Å². The molecular formula is C16H19ClN2O4. The van der Waals surface area contributed by atoms with Gasteiger partial charge in [-0.3, -0.25) is 0 Å². The molecule has 124 valence electrons. The Morgan fingerprint density at radius 2 is 1.91 bits per heavy atom. The number of aromatic nitrogens is 1. The molecule has 6 nitrogen and oxygen atoms in total. The van der Waals surface area contributed by atoms with E-state index in [1.54, 1.807) is 33.2 Å². The van der Waals surface area contributed by atoms with Gasteiger partial charge >= 0.3 is 6.09 Å². The highest BCUT2D eigenvalue weighted by molar-refractivity contribution is 6.31. The number of aryl methyl sites for hydroxylation is 2. The van der Waals surface area contributed by atoms with Gasteiger partial charge in [0.1, 0.15) is 5.75 Å². The summed E-state index contributed by atoms with van der Waals surface area (Å²) in [4.78, 5) is 16.0. The summed E-state index contributed by atoms with van der Waals surface area (Å²) in [5, 5.41) is 10.8. The van der Waals surface area contributed by atoms with Crippen molar-refractivity contribution in [2.75, 3.05) is 21.2 Å². The van der Waals surface area contributed by atoms with E-state index in [1.807, 2.05) is 6.92 Å². The molecule has 0 unspecified atom stereocenters. The molecule has 23 heavy (non-hydrogen) atoms. The lowest BCUT2D eigenvalue weighted by Gasteiger charge is -2.15. The molecule has 2 N–H and O–H groups in total. The topological polar surface area (TPSA) is 74.8 Å². The monoisotopic (exact) mass is 338 g/mol. The standard InChI is InChI=1S/C16H19ClN2O4/c1-8-6-10(17)7-11(22-5)12(8)13-14(9(2)18-15(13)20)23-16(21)19(3)4/h6-7,18,20H,1-5H3. The van der Waals surface area contributed by atoms with Crippen molar-refractivity contribution in [2.45, 2.75) is 13.8 Å². The van der Waals surface area contributed by atoms with E-state index < -0.39 is 6.09 Å².